The topological polar surface area (TPSA) is 18.5 Å². The van der Waals surface area contributed by atoms with E-state index in [4.69, 9.17) is 21.1 Å². The fraction of sp³-hybridized carbons (Fsp3) is 0.273. The van der Waals surface area contributed by atoms with Crippen LogP contribution in [0.4, 0.5) is 0 Å². The molecule has 0 saturated carbocycles. The van der Waals surface area contributed by atoms with Crippen LogP contribution in [0.3, 0.4) is 0 Å². The summed E-state index contributed by atoms with van der Waals surface area (Å²) < 4.78 is 10.5. The van der Waals surface area contributed by atoms with Crippen molar-refractivity contribution in [2.45, 2.75) is 6.29 Å². The van der Waals surface area contributed by atoms with E-state index < -0.39 is 0 Å². The lowest BCUT2D eigenvalue weighted by Gasteiger charge is -2.06. The molecule has 2 nitrogen and oxygen atoms in total. The van der Waals surface area contributed by atoms with Crippen molar-refractivity contribution in [3.8, 4) is 0 Å². The first-order valence-electron chi connectivity index (χ1n) is 4.51. The van der Waals surface area contributed by atoms with Gasteiger partial charge in [-0.3, -0.25) is 0 Å². The molecule has 1 saturated heterocycles. The zero-order chi connectivity index (χ0) is 9.80. The number of rotatable bonds is 2. The Labute approximate surface area is 88.1 Å². The summed E-state index contributed by atoms with van der Waals surface area (Å²) in [7, 11) is 0. The minimum atomic E-state index is -0.378. The van der Waals surface area contributed by atoms with E-state index >= 15 is 0 Å². The standard InChI is InChI=1S/C11H11ClO2/c12-10(11-13-6-7-14-11)8-9-4-2-1-3-5-9/h1-5,8,11H,6-7H2/b10-8+. The number of hydrogen-bond acceptors (Lipinski definition) is 2. The molecule has 1 aromatic rings. The minimum Gasteiger partial charge on any atom is -0.345 e. The lowest BCUT2D eigenvalue weighted by atomic mass is 10.2. The van der Waals surface area contributed by atoms with Crippen LogP contribution in [0.2, 0.25) is 0 Å². The highest BCUT2D eigenvalue weighted by Gasteiger charge is 2.18. The summed E-state index contributed by atoms with van der Waals surface area (Å²) in [4.78, 5) is 0. The fourth-order valence-corrected chi connectivity index (χ4v) is 1.55. The molecule has 3 heteroatoms. The van der Waals surface area contributed by atoms with E-state index in [0.717, 1.165) is 5.56 Å². The van der Waals surface area contributed by atoms with Crippen LogP contribution in [0.25, 0.3) is 6.08 Å². The molecule has 0 amide bonds. The molecule has 0 aromatic heterocycles. The van der Waals surface area contributed by atoms with Crippen molar-refractivity contribution in [3.63, 3.8) is 0 Å². The predicted octanol–water partition coefficient (Wildman–Crippen LogP) is 2.64. The summed E-state index contributed by atoms with van der Waals surface area (Å²) in [6, 6.07) is 9.86. The van der Waals surface area contributed by atoms with Gasteiger partial charge < -0.3 is 9.47 Å². The summed E-state index contributed by atoms with van der Waals surface area (Å²) in [5, 5.41) is 0.591. The Kier molecular flexibility index (Phi) is 3.19. The molecule has 1 aliphatic heterocycles. The van der Waals surface area contributed by atoms with E-state index in [1.807, 2.05) is 36.4 Å². The van der Waals surface area contributed by atoms with E-state index in [1.54, 1.807) is 0 Å². The number of ether oxygens (including phenoxy) is 2. The van der Waals surface area contributed by atoms with Crippen LogP contribution in [-0.2, 0) is 9.47 Å². The maximum absolute atomic E-state index is 6.03. The molecular formula is C11H11ClO2. The molecule has 1 fully saturated rings. The van der Waals surface area contributed by atoms with Gasteiger partial charge in [-0.15, -0.1) is 0 Å². The van der Waals surface area contributed by atoms with Crippen LogP contribution in [-0.4, -0.2) is 19.5 Å². The van der Waals surface area contributed by atoms with Crippen molar-refractivity contribution in [3.05, 3.63) is 40.9 Å². The Morgan fingerprint density at radius 2 is 1.86 bits per heavy atom. The molecule has 0 N–H and O–H groups in total. The van der Waals surface area contributed by atoms with Crippen molar-refractivity contribution in [2.24, 2.45) is 0 Å². The quantitative estimate of drug-likeness (QED) is 0.747. The van der Waals surface area contributed by atoms with Crippen LogP contribution in [0.15, 0.2) is 35.4 Å². The zero-order valence-corrected chi connectivity index (χ0v) is 8.41. The molecule has 2 rings (SSSR count). The molecule has 0 bridgehead atoms. The second-order valence-corrected chi connectivity index (χ2v) is 3.45. The molecule has 74 valence electrons. The maximum atomic E-state index is 6.03. The van der Waals surface area contributed by atoms with Gasteiger partial charge in [0.05, 0.1) is 18.2 Å². The van der Waals surface area contributed by atoms with Crippen LogP contribution < -0.4 is 0 Å². The molecule has 0 spiro atoms. The number of halogens is 1. The van der Waals surface area contributed by atoms with Gasteiger partial charge in [0.25, 0.3) is 0 Å². The average molecular weight is 211 g/mol. The predicted molar refractivity (Wildman–Crippen MR) is 56.0 cm³/mol. The molecule has 0 atom stereocenters. The summed E-state index contributed by atoms with van der Waals surface area (Å²) in [6.07, 6.45) is 1.48. The van der Waals surface area contributed by atoms with Gasteiger partial charge in [-0.05, 0) is 11.6 Å². The lowest BCUT2D eigenvalue weighted by Crippen LogP contribution is -2.06. The third kappa shape index (κ3) is 2.35. The Hall–Kier alpha value is -0.830. The van der Waals surface area contributed by atoms with Gasteiger partial charge in [0, 0.05) is 0 Å². The zero-order valence-electron chi connectivity index (χ0n) is 7.65. The van der Waals surface area contributed by atoms with Crippen molar-refractivity contribution < 1.29 is 9.47 Å². The second kappa shape index (κ2) is 4.60. The van der Waals surface area contributed by atoms with Crippen LogP contribution >= 0.6 is 11.6 Å². The summed E-state index contributed by atoms with van der Waals surface area (Å²) in [6.45, 7) is 1.23. The summed E-state index contributed by atoms with van der Waals surface area (Å²) in [5.74, 6) is 0. The van der Waals surface area contributed by atoms with Gasteiger partial charge in [-0.25, -0.2) is 0 Å². The summed E-state index contributed by atoms with van der Waals surface area (Å²) >= 11 is 6.03. The number of hydrogen-bond donors (Lipinski definition) is 0. The first kappa shape index (κ1) is 9.71. The van der Waals surface area contributed by atoms with Gasteiger partial charge in [-0.2, -0.15) is 0 Å². The third-order valence-electron chi connectivity index (χ3n) is 1.95. The van der Waals surface area contributed by atoms with E-state index in [1.165, 1.54) is 0 Å². The largest absolute Gasteiger partial charge is 0.345 e. The van der Waals surface area contributed by atoms with Gasteiger partial charge in [-0.1, -0.05) is 41.9 Å². The van der Waals surface area contributed by atoms with Crippen LogP contribution in [0, 0.1) is 0 Å². The van der Waals surface area contributed by atoms with E-state index in [2.05, 4.69) is 0 Å². The molecule has 1 aliphatic rings. The van der Waals surface area contributed by atoms with E-state index in [0.29, 0.717) is 18.2 Å². The Balaban J connectivity index is 2.10. The van der Waals surface area contributed by atoms with E-state index in [-0.39, 0.29) is 6.29 Å². The Morgan fingerprint density at radius 1 is 1.21 bits per heavy atom. The molecule has 0 unspecified atom stereocenters. The van der Waals surface area contributed by atoms with Crippen molar-refractivity contribution in [1.82, 2.24) is 0 Å². The maximum Gasteiger partial charge on any atom is 0.194 e. The molecular weight excluding hydrogens is 200 g/mol. The van der Waals surface area contributed by atoms with Crippen molar-refractivity contribution >= 4 is 17.7 Å². The minimum absolute atomic E-state index is 0.378. The monoisotopic (exact) mass is 210 g/mol. The van der Waals surface area contributed by atoms with Gasteiger partial charge in [0.1, 0.15) is 0 Å². The van der Waals surface area contributed by atoms with Crippen molar-refractivity contribution in [1.29, 1.82) is 0 Å². The van der Waals surface area contributed by atoms with E-state index in [9.17, 15) is 0 Å². The highest BCUT2D eigenvalue weighted by Crippen LogP contribution is 2.20. The Morgan fingerprint density at radius 3 is 2.50 bits per heavy atom. The highest BCUT2D eigenvalue weighted by molar-refractivity contribution is 6.32. The third-order valence-corrected chi connectivity index (χ3v) is 2.24. The smallest absolute Gasteiger partial charge is 0.194 e. The first-order valence-corrected chi connectivity index (χ1v) is 4.89. The van der Waals surface area contributed by atoms with Crippen molar-refractivity contribution in [2.75, 3.05) is 13.2 Å². The summed E-state index contributed by atoms with van der Waals surface area (Å²) in [5.41, 5.74) is 1.05. The molecule has 1 aromatic carbocycles. The highest BCUT2D eigenvalue weighted by atomic mass is 35.5. The van der Waals surface area contributed by atoms with Gasteiger partial charge in [0.15, 0.2) is 6.29 Å². The Bertz CT molecular complexity index is 315. The molecule has 1 heterocycles. The van der Waals surface area contributed by atoms with Crippen LogP contribution in [0.5, 0.6) is 0 Å². The SMILES string of the molecule is Cl/C(=C/c1ccccc1)C1OCCO1. The normalized spacial score (nSPS) is 18.8. The second-order valence-electron chi connectivity index (χ2n) is 3.01. The fourth-order valence-electron chi connectivity index (χ4n) is 1.29. The molecule has 0 aliphatic carbocycles. The lowest BCUT2D eigenvalue weighted by molar-refractivity contribution is -0.00458. The average Bonchev–Trinajstić information content (AvgIpc) is 2.72. The number of benzene rings is 1. The first-order chi connectivity index (χ1) is 6.86. The molecule has 0 radical (unpaired) electrons. The van der Waals surface area contributed by atoms with Crippen LogP contribution in [0.1, 0.15) is 5.56 Å². The van der Waals surface area contributed by atoms with Gasteiger partial charge >= 0.3 is 0 Å². The van der Waals surface area contributed by atoms with Gasteiger partial charge in [0.2, 0.25) is 0 Å². The molecule has 14 heavy (non-hydrogen) atoms.